The van der Waals surface area contributed by atoms with E-state index in [2.05, 4.69) is 5.32 Å². The number of fused-ring (bicyclic) bond motifs is 1. The number of hydrogen-bond donors (Lipinski definition) is 2. The number of aldehydes is 1. The lowest BCUT2D eigenvalue weighted by molar-refractivity contribution is -0.121. The summed E-state index contributed by atoms with van der Waals surface area (Å²) in [4.78, 5) is 35.9. The van der Waals surface area contributed by atoms with E-state index in [-0.39, 0.29) is 52.2 Å². The van der Waals surface area contributed by atoms with Crippen LogP contribution in [0, 0.1) is 6.92 Å². The zero-order valence-electron chi connectivity index (χ0n) is 14.9. The van der Waals surface area contributed by atoms with Crippen LogP contribution in [-0.2, 0) is 16.0 Å². The summed E-state index contributed by atoms with van der Waals surface area (Å²) in [6.45, 7) is 2.37. The van der Waals surface area contributed by atoms with Gasteiger partial charge in [0.1, 0.15) is 11.3 Å². The number of ether oxygens (including phenoxy) is 2. The van der Waals surface area contributed by atoms with E-state index in [1.807, 2.05) is 0 Å². The molecule has 0 saturated heterocycles. The molecule has 8 nitrogen and oxygen atoms in total. The Balaban J connectivity index is 2.40. The second-order valence-corrected chi connectivity index (χ2v) is 5.64. The third-order valence-corrected chi connectivity index (χ3v) is 4.02. The van der Waals surface area contributed by atoms with Crippen molar-refractivity contribution in [3.63, 3.8) is 0 Å². The molecule has 0 bridgehead atoms. The van der Waals surface area contributed by atoms with E-state index < -0.39 is 0 Å². The molecule has 2 N–H and O–H groups in total. The molecule has 0 fully saturated rings. The Labute approximate surface area is 149 Å². The van der Waals surface area contributed by atoms with Crippen molar-refractivity contribution in [2.75, 3.05) is 27.4 Å². The summed E-state index contributed by atoms with van der Waals surface area (Å²) in [6, 6.07) is 1.32. The standard InChI is InChI=1S/C18H21NO7/c1-10-11(4-5-15(21)19-6-7-24-2)16(22)12-8-14(25-3)17(23)13(9-20)18(12)26-10/h8-9,23H,4-7H2,1-3H3,(H,19,21). The molecular weight excluding hydrogens is 342 g/mol. The van der Waals surface area contributed by atoms with Crippen molar-refractivity contribution in [2.24, 2.45) is 0 Å². The van der Waals surface area contributed by atoms with E-state index in [1.54, 1.807) is 6.92 Å². The van der Waals surface area contributed by atoms with Gasteiger partial charge in [-0.2, -0.15) is 0 Å². The van der Waals surface area contributed by atoms with Crippen LogP contribution in [0.15, 0.2) is 15.3 Å². The molecule has 0 radical (unpaired) electrons. The molecule has 0 saturated carbocycles. The lowest BCUT2D eigenvalue weighted by atomic mass is 10.0. The maximum Gasteiger partial charge on any atom is 0.220 e. The number of hydrogen-bond acceptors (Lipinski definition) is 7. The van der Waals surface area contributed by atoms with Crippen LogP contribution >= 0.6 is 0 Å². The second-order valence-electron chi connectivity index (χ2n) is 5.64. The van der Waals surface area contributed by atoms with Gasteiger partial charge in [-0.1, -0.05) is 0 Å². The van der Waals surface area contributed by atoms with Crippen LogP contribution < -0.4 is 15.5 Å². The summed E-state index contributed by atoms with van der Waals surface area (Å²) in [5, 5.41) is 12.8. The number of rotatable bonds is 8. The molecule has 1 heterocycles. The van der Waals surface area contributed by atoms with Crippen LogP contribution in [0.25, 0.3) is 11.0 Å². The zero-order valence-corrected chi connectivity index (χ0v) is 14.9. The van der Waals surface area contributed by atoms with Crippen LogP contribution in [0.2, 0.25) is 0 Å². The highest BCUT2D eigenvalue weighted by Crippen LogP contribution is 2.35. The molecule has 0 aliphatic heterocycles. The van der Waals surface area contributed by atoms with Crippen LogP contribution in [0.1, 0.15) is 28.1 Å². The minimum Gasteiger partial charge on any atom is -0.504 e. The Morgan fingerprint density at radius 3 is 2.73 bits per heavy atom. The molecule has 0 spiro atoms. The normalized spacial score (nSPS) is 10.7. The number of phenols is 1. The maximum atomic E-state index is 12.8. The number of nitrogens with one attached hydrogen (secondary N) is 1. The van der Waals surface area contributed by atoms with Crippen molar-refractivity contribution in [1.29, 1.82) is 0 Å². The summed E-state index contributed by atoms with van der Waals surface area (Å²) < 4.78 is 15.5. The number of benzene rings is 1. The minimum atomic E-state index is -0.386. The smallest absolute Gasteiger partial charge is 0.220 e. The van der Waals surface area contributed by atoms with Crippen molar-refractivity contribution in [3.8, 4) is 11.5 Å². The Hall–Kier alpha value is -2.87. The average molecular weight is 363 g/mol. The average Bonchev–Trinajstić information content (AvgIpc) is 2.61. The van der Waals surface area contributed by atoms with Crippen molar-refractivity contribution in [2.45, 2.75) is 19.8 Å². The van der Waals surface area contributed by atoms with Crippen LogP contribution in [0.4, 0.5) is 0 Å². The van der Waals surface area contributed by atoms with Gasteiger partial charge >= 0.3 is 0 Å². The molecule has 0 aliphatic rings. The fourth-order valence-corrected chi connectivity index (χ4v) is 2.64. The molecule has 0 aliphatic carbocycles. The van der Waals surface area contributed by atoms with Crippen molar-refractivity contribution in [1.82, 2.24) is 5.32 Å². The van der Waals surface area contributed by atoms with E-state index in [4.69, 9.17) is 13.9 Å². The summed E-state index contributed by atoms with van der Waals surface area (Å²) >= 11 is 0. The molecule has 140 valence electrons. The number of carbonyl (C=O) groups excluding carboxylic acids is 2. The predicted octanol–water partition coefficient (Wildman–Crippen LogP) is 1.32. The Morgan fingerprint density at radius 1 is 1.38 bits per heavy atom. The fraction of sp³-hybridized carbons (Fsp3) is 0.389. The first kappa shape index (κ1) is 19.5. The van der Waals surface area contributed by atoms with Crippen molar-refractivity contribution < 1.29 is 28.6 Å². The summed E-state index contributed by atoms with van der Waals surface area (Å²) in [6.07, 6.45) is 0.699. The highest BCUT2D eigenvalue weighted by Gasteiger charge is 2.20. The zero-order chi connectivity index (χ0) is 19.3. The van der Waals surface area contributed by atoms with Gasteiger partial charge in [-0.3, -0.25) is 14.4 Å². The van der Waals surface area contributed by atoms with Gasteiger partial charge in [-0.05, 0) is 19.4 Å². The predicted molar refractivity (Wildman–Crippen MR) is 94.0 cm³/mol. The van der Waals surface area contributed by atoms with E-state index in [0.29, 0.717) is 30.8 Å². The van der Waals surface area contributed by atoms with Gasteiger partial charge in [0.15, 0.2) is 28.8 Å². The molecule has 8 heteroatoms. The maximum absolute atomic E-state index is 12.8. The fourth-order valence-electron chi connectivity index (χ4n) is 2.64. The van der Waals surface area contributed by atoms with Gasteiger partial charge in [0.25, 0.3) is 0 Å². The monoisotopic (exact) mass is 363 g/mol. The molecule has 2 rings (SSSR count). The number of amides is 1. The molecule has 1 aromatic heterocycles. The van der Waals surface area contributed by atoms with E-state index >= 15 is 0 Å². The van der Waals surface area contributed by atoms with Gasteiger partial charge in [0, 0.05) is 25.6 Å². The molecule has 1 aromatic carbocycles. The number of methoxy groups -OCH3 is 2. The third kappa shape index (κ3) is 3.85. The summed E-state index contributed by atoms with van der Waals surface area (Å²) in [5.74, 6) is -0.306. The lowest BCUT2D eigenvalue weighted by Crippen LogP contribution is -2.27. The van der Waals surface area contributed by atoms with Gasteiger partial charge < -0.3 is 24.3 Å². The minimum absolute atomic E-state index is 0.000915. The van der Waals surface area contributed by atoms with Crippen LogP contribution in [0.3, 0.4) is 0 Å². The molecule has 0 unspecified atom stereocenters. The third-order valence-electron chi connectivity index (χ3n) is 4.02. The highest BCUT2D eigenvalue weighted by molar-refractivity contribution is 5.99. The number of aryl methyl sites for hydroxylation is 1. The van der Waals surface area contributed by atoms with Gasteiger partial charge in [-0.15, -0.1) is 0 Å². The number of phenolic OH excluding ortho intramolecular Hbond substituents is 1. The number of carbonyl (C=O) groups is 2. The first-order chi connectivity index (χ1) is 12.4. The van der Waals surface area contributed by atoms with E-state index in [9.17, 15) is 19.5 Å². The highest BCUT2D eigenvalue weighted by atomic mass is 16.5. The molecular formula is C18H21NO7. The van der Waals surface area contributed by atoms with Gasteiger partial charge in [0.05, 0.1) is 19.1 Å². The summed E-state index contributed by atoms with van der Waals surface area (Å²) in [5.41, 5.74) is -0.184. The SMILES string of the molecule is COCCNC(=O)CCc1c(C)oc2c(C=O)c(O)c(OC)cc2c1=O. The topological polar surface area (TPSA) is 115 Å². The molecule has 26 heavy (non-hydrogen) atoms. The van der Waals surface area contributed by atoms with Crippen molar-refractivity contribution in [3.05, 3.63) is 33.2 Å². The van der Waals surface area contributed by atoms with Crippen LogP contribution in [0.5, 0.6) is 11.5 Å². The Morgan fingerprint density at radius 2 is 2.12 bits per heavy atom. The molecule has 1 amide bonds. The quantitative estimate of drug-likeness (QED) is 0.537. The lowest BCUT2D eigenvalue weighted by Gasteiger charge is -2.11. The van der Waals surface area contributed by atoms with Crippen LogP contribution in [-0.4, -0.2) is 44.7 Å². The Bertz CT molecular complexity index is 885. The van der Waals surface area contributed by atoms with Gasteiger partial charge in [0.2, 0.25) is 5.91 Å². The summed E-state index contributed by atoms with van der Waals surface area (Å²) in [7, 11) is 2.85. The Kier molecular flexibility index (Phi) is 6.35. The first-order valence-corrected chi connectivity index (χ1v) is 8.01. The van der Waals surface area contributed by atoms with E-state index in [0.717, 1.165) is 0 Å². The molecule has 2 aromatic rings. The first-order valence-electron chi connectivity index (χ1n) is 8.01. The second kappa shape index (κ2) is 8.48. The largest absolute Gasteiger partial charge is 0.504 e. The van der Waals surface area contributed by atoms with Gasteiger partial charge in [-0.25, -0.2) is 0 Å². The number of aromatic hydroxyl groups is 1. The van der Waals surface area contributed by atoms with Crippen molar-refractivity contribution >= 4 is 23.2 Å². The molecule has 0 atom stereocenters. The van der Waals surface area contributed by atoms with E-state index in [1.165, 1.54) is 20.3 Å².